The molecule has 0 radical (unpaired) electrons. The molecule has 1 heterocycles. The molecule has 1 aliphatic carbocycles. The Hall–Kier alpha value is -2.58. The lowest BCUT2D eigenvalue weighted by Gasteiger charge is -2.35. The van der Waals surface area contributed by atoms with Gasteiger partial charge in [0, 0.05) is 19.1 Å². The average molecular weight is 511 g/mol. The van der Waals surface area contributed by atoms with Crippen molar-refractivity contribution in [1.29, 1.82) is 0 Å². The molecular weight excluding hydrogens is 481 g/mol. The Kier molecular flexibility index (Phi) is 9.57. The van der Waals surface area contributed by atoms with Crippen molar-refractivity contribution in [3.63, 3.8) is 0 Å². The SMILES string of the molecule is COC(=O)c1ccc(CN2CCC(CN(C(=O)C(F)(F)F)C3CC3)CC2)cc1Cl.c1ccccc1. The molecule has 190 valence electrons. The third kappa shape index (κ3) is 8.25. The number of methoxy groups -OCH3 is 1. The number of nitrogens with zero attached hydrogens (tertiary/aromatic N) is 2. The van der Waals surface area contributed by atoms with Crippen molar-refractivity contribution in [3.8, 4) is 0 Å². The largest absolute Gasteiger partial charge is 0.471 e. The molecule has 1 saturated carbocycles. The summed E-state index contributed by atoms with van der Waals surface area (Å²) in [4.78, 5) is 26.5. The number of hydrogen-bond acceptors (Lipinski definition) is 4. The van der Waals surface area contributed by atoms with Crippen molar-refractivity contribution in [1.82, 2.24) is 9.80 Å². The van der Waals surface area contributed by atoms with Gasteiger partial charge in [-0.25, -0.2) is 4.79 Å². The minimum Gasteiger partial charge on any atom is -0.465 e. The summed E-state index contributed by atoms with van der Waals surface area (Å²) in [5.74, 6) is -2.12. The van der Waals surface area contributed by atoms with Gasteiger partial charge in [0.1, 0.15) is 0 Å². The zero-order valence-corrected chi connectivity index (χ0v) is 20.4. The Bertz CT molecular complexity index is 949. The Morgan fingerprint density at radius 2 is 1.60 bits per heavy atom. The van der Waals surface area contributed by atoms with Crippen molar-refractivity contribution >= 4 is 23.5 Å². The first-order chi connectivity index (χ1) is 16.7. The van der Waals surface area contributed by atoms with Crippen LogP contribution in [0, 0.1) is 5.92 Å². The standard InChI is InChI=1S/C20H24ClF3N2O3.C6H6/c1-29-18(27)16-5-2-14(10-17(16)21)11-25-8-6-13(7-9-25)12-26(15-3-4-15)19(28)20(22,23)24;1-2-4-6-5-3-1/h2,5,10,13,15H,3-4,6-9,11-12H2,1H3;1-6H. The third-order valence-corrected chi connectivity index (χ3v) is 6.48. The predicted octanol–water partition coefficient (Wildman–Crippen LogP) is 5.58. The maximum absolute atomic E-state index is 12.8. The van der Waals surface area contributed by atoms with E-state index in [0.29, 0.717) is 30.0 Å². The molecule has 2 fully saturated rings. The normalized spacial score (nSPS) is 16.7. The second-order valence-electron chi connectivity index (χ2n) is 8.87. The van der Waals surface area contributed by atoms with Gasteiger partial charge in [-0.3, -0.25) is 9.69 Å². The zero-order valence-electron chi connectivity index (χ0n) is 19.6. The van der Waals surface area contributed by atoms with Gasteiger partial charge in [0.2, 0.25) is 0 Å². The molecule has 2 aromatic carbocycles. The highest BCUT2D eigenvalue weighted by molar-refractivity contribution is 6.33. The molecule has 0 unspecified atom stereocenters. The Morgan fingerprint density at radius 1 is 1.03 bits per heavy atom. The molecule has 0 atom stereocenters. The molecule has 1 amide bonds. The summed E-state index contributed by atoms with van der Waals surface area (Å²) < 4.78 is 43.2. The summed E-state index contributed by atoms with van der Waals surface area (Å²) in [5.41, 5.74) is 1.26. The van der Waals surface area contributed by atoms with Crippen LogP contribution in [0.1, 0.15) is 41.6 Å². The third-order valence-electron chi connectivity index (χ3n) is 6.16. The van der Waals surface area contributed by atoms with Crippen molar-refractivity contribution in [3.05, 3.63) is 70.7 Å². The Balaban J connectivity index is 0.000000497. The van der Waals surface area contributed by atoms with Crippen molar-refractivity contribution in [2.75, 3.05) is 26.7 Å². The monoisotopic (exact) mass is 510 g/mol. The predicted molar refractivity (Wildman–Crippen MR) is 128 cm³/mol. The number of alkyl halides is 3. The van der Waals surface area contributed by atoms with Crippen LogP contribution in [-0.2, 0) is 16.1 Å². The number of ether oxygens (including phenoxy) is 1. The van der Waals surface area contributed by atoms with Crippen molar-refractivity contribution < 1.29 is 27.5 Å². The van der Waals surface area contributed by atoms with E-state index in [-0.39, 0.29) is 18.5 Å². The van der Waals surface area contributed by atoms with Crippen molar-refractivity contribution in [2.45, 2.75) is 44.4 Å². The maximum atomic E-state index is 12.8. The highest BCUT2D eigenvalue weighted by Crippen LogP contribution is 2.33. The van der Waals surface area contributed by atoms with E-state index in [4.69, 9.17) is 11.6 Å². The lowest BCUT2D eigenvalue weighted by atomic mass is 9.95. The number of rotatable bonds is 6. The van der Waals surface area contributed by atoms with Crippen LogP contribution in [0.5, 0.6) is 0 Å². The topological polar surface area (TPSA) is 49.9 Å². The fourth-order valence-corrected chi connectivity index (χ4v) is 4.41. The van der Waals surface area contributed by atoms with Gasteiger partial charge in [-0.05, 0) is 62.4 Å². The van der Waals surface area contributed by atoms with Crippen LogP contribution >= 0.6 is 11.6 Å². The number of halogens is 4. The first-order valence-corrected chi connectivity index (χ1v) is 12.0. The molecular formula is C26H30ClF3N2O3. The van der Waals surface area contributed by atoms with Gasteiger partial charge in [0.05, 0.1) is 17.7 Å². The summed E-state index contributed by atoms with van der Waals surface area (Å²) in [6.45, 7) is 2.29. The second kappa shape index (κ2) is 12.4. The van der Waals surface area contributed by atoms with E-state index in [9.17, 15) is 22.8 Å². The molecule has 0 spiro atoms. The van der Waals surface area contributed by atoms with Crippen LogP contribution in [-0.4, -0.2) is 60.6 Å². The highest BCUT2D eigenvalue weighted by atomic mass is 35.5. The molecule has 4 rings (SSSR count). The number of piperidine rings is 1. The Morgan fingerprint density at radius 3 is 2.06 bits per heavy atom. The van der Waals surface area contributed by atoms with Crippen LogP contribution in [0.2, 0.25) is 5.02 Å². The summed E-state index contributed by atoms with van der Waals surface area (Å²) in [6, 6.07) is 16.9. The number of esters is 1. The fourth-order valence-electron chi connectivity index (χ4n) is 4.13. The van der Waals surface area contributed by atoms with Crippen LogP contribution in [0.4, 0.5) is 13.2 Å². The molecule has 1 aliphatic heterocycles. The molecule has 9 heteroatoms. The molecule has 0 aromatic heterocycles. The minimum absolute atomic E-state index is 0.0726. The molecule has 2 aliphatic rings. The number of carbonyl (C=O) groups is 2. The molecule has 2 aromatic rings. The summed E-state index contributed by atoms with van der Waals surface area (Å²) in [6.07, 6.45) is -2.02. The molecule has 5 nitrogen and oxygen atoms in total. The van der Waals surface area contributed by atoms with Crippen LogP contribution < -0.4 is 0 Å². The zero-order chi connectivity index (χ0) is 25.4. The van der Waals surface area contributed by atoms with E-state index in [2.05, 4.69) is 9.64 Å². The van der Waals surface area contributed by atoms with Gasteiger partial charge < -0.3 is 9.64 Å². The Labute approximate surface area is 208 Å². The first kappa shape index (κ1) is 27.0. The summed E-state index contributed by atoms with van der Waals surface area (Å²) in [7, 11) is 1.29. The second-order valence-corrected chi connectivity index (χ2v) is 9.27. The highest BCUT2D eigenvalue weighted by Gasteiger charge is 2.47. The number of likely N-dealkylation sites (tertiary alicyclic amines) is 1. The molecule has 35 heavy (non-hydrogen) atoms. The van der Waals surface area contributed by atoms with E-state index in [0.717, 1.165) is 36.4 Å². The summed E-state index contributed by atoms with van der Waals surface area (Å²) in [5, 5.41) is 0.329. The van der Waals surface area contributed by atoms with Gasteiger partial charge in [-0.15, -0.1) is 0 Å². The minimum atomic E-state index is -4.81. The molecule has 0 bridgehead atoms. The van der Waals surface area contributed by atoms with Gasteiger partial charge in [-0.1, -0.05) is 54.1 Å². The number of hydrogen-bond donors (Lipinski definition) is 0. The van der Waals surface area contributed by atoms with Crippen LogP contribution in [0.3, 0.4) is 0 Å². The number of carbonyl (C=O) groups excluding carboxylic acids is 2. The molecule has 1 saturated heterocycles. The van der Waals surface area contributed by atoms with E-state index < -0.39 is 18.1 Å². The smallest absolute Gasteiger partial charge is 0.465 e. The fraction of sp³-hybridized carbons (Fsp3) is 0.462. The van der Waals surface area contributed by atoms with Gasteiger partial charge in [-0.2, -0.15) is 13.2 Å². The van der Waals surface area contributed by atoms with Crippen LogP contribution in [0.15, 0.2) is 54.6 Å². The lowest BCUT2D eigenvalue weighted by molar-refractivity contribution is -0.186. The van der Waals surface area contributed by atoms with E-state index in [1.807, 2.05) is 42.5 Å². The van der Waals surface area contributed by atoms with E-state index >= 15 is 0 Å². The van der Waals surface area contributed by atoms with Gasteiger partial charge in [0.15, 0.2) is 0 Å². The van der Waals surface area contributed by atoms with E-state index in [1.54, 1.807) is 12.1 Å². The molecule has 0 N–H and O–H groups in total. The van der Waals surface area contributed by atoms with Crippen molar-refractivity contribution in [2.24, 2.45) is 5.92 Å². The number of benzene rings is 2. The van der Waals surface area contributed by atoms with E-state index in [1.165, 1.54) is 7.11 Å². The lowest BCUT2D eigenvalue weighted by Crippen LogP contribution is -2.46. The summed E-state index contributed by atoms with van der Waals surface area (Å²) >= 11 is 6.15. The van der Waals surface area contributed by atoms with Gasteiger partial charge in [0.25, 0.3) is 0 Å². The first-order valence-electron chi connectivity index (χ1n) is 11.7. The maximum Gasteiger partial charge on any atom is 0.471 e. The quantitative estimate of drug-likeness (QED) is 0.476. The number of amides is 1. The van der Waals surface area contributed by atoms with Gasteiger partial charge >= 0.3 is 18.1 Å². The van der Waals surface area contributed by atoms with Crippen LogP contribution in [0.25, 0.3) is 0 Å². The average Bonchev–Trinajstić information content (AvgIpc) is 3.69.